The van der Waals surface area contributed by atoms with Crippen molar-refractivity contribution in [3.8, 4) is 0 Å². The number of benzene rings is 1. The monoisotopic (exact) mass is 276 g/mol. The molecular weight excluding hydrogens is 252 g/mol. The Morgan fingerprint density at radius 2 is 1.95 bits per heavy atom. The lowest BCUT2D eigenvalue weighted by Gasteiger charge is -2.08. The molecule has 0 fully saturated rings. The van der Waals surface area contributed by atoms with Crippen LogP contribution in [-0.4, -0.2) is 44.3 Å². The second kappa shape index (κ2) is 9.97. The first-order valence-electron chi connectivity index (χ1n) is 6.95. The van der Waals surface area contributed by atoms with Crippen molar-refractivity contribution >= 4 is 12.2 Å². The first kappa shape index (κ1) is 16.2. The Morgan fingerprint density at radius 3 is 2.65 bits per heavy atom. The zero-order chi connectivity index (χ0) is 14.6. The summed E-state index contributed by atoms with van der Waals surface area (Å²) in [6.45, 7) is 1.77. The molecule has 0 unspecified atom stereocenters. The van der Waals surface area contributed by atoms with Gasteiger partial charge in [0.25, 0.3) is 0 Å². The average Bonchev–Trinajstić information content (AvgIpc) is 2.43. The first-order valence-corrected chi connectivity index (χ1v) is 6.95. The van der Waals surface area contributed by atoms with Gasteiger partial charge >= 0.3 is 6.03 Å². The van der Waals surface area contributed by atoms with Crippen molar-refractivity contribution in [1.29, 1.82) is 0 Å². The van der Waals surface area contributed by atoms with E-state index in [1.165, 1.54) is 0 Å². The van der Waals surface area contributed by atoms with E-state index in [1.54, 1.807) is 6.21 Å². The van der Waals surface area contributed by atoms with Gasteiger partial charge in [-0.05, 0) is 39.0 Å². The van der Waals surface area contributed by atoms with Crippen molar-refractivity contribution in [2.45, 2.75) is 19.3 Å². The van der Waals surface area contributed by atoms with E-state index < -0.39 is 0 Å². The average molecular weight is 276 g/mol. The molecule has 5 heteroatoms. The van der Waals surface area contributed by atoms with Gasteiger partial charge in [0.05, 0.1) is 6.21 Å². The Bertz CT molecular complexity index is 404. The minimum Gasteiger partial charge on any atom is -0.337 e. The van der Waals surface area contributed by atoms with Crippen molar-refractivity contribution in [2.75, 3.05) is 27.2 Å². The highest BCUT2D eigenvalue weighted by Gasteiger charge is 1.97. The van der Waals surface area contributed by atoms with Crippen LogP contribution in [0.2, 0.25) is 0 Å². The van der Waals surface area contributed by atoms with Crippen LogP contribution < -0.4 is 10.7 Å². The summed E-state index contributed by atoms with van der Waals surface area (Å²) in [4.78, 5) is 13.6. The Morgan fingerprint density at radius 1 is 1.20 bits per heavy atom. The maximum Gasteiger partial charge on any atom is 0.335 e. The van der Waals surface area contributed by atoms with Crippen LogP contribution in [-0.2, 0) is 0 Å². The van der Waals surface area contributed by atoms with Crippen molar-refractivity contribution in [3.05, 3.63) is 35.9 Å². The third-order valence-corrected chi connectivity index (χ3v) is 2.75. The SMILES string of the molecule is CN(C)CCCCCNC(=O)N/N=C\c1ccccc1. The van der Waals surface area contributed by atoms with Crippen molar-refractivity contribution in [2.24, 2.45) is 5.10 Å². The second-order valence-corrected chi connectivity index (χ2v) is 4.90. The number of nitrogens with one attached hydrogen (secondary N) is 2. The van der Waals surface area contributed by atoms with E-state index in [0.29, 0.717) is 6.54 Å². The molecule has 0 heterocycles. The lowest BCUT2D eigenvalue weighted by atomic mass is 10.2. The zero-order valence-electron chi connectivity index (χ0n) is 12.3. The van der Waals surface area contributed by atoms with Crippen LogP contribution in [0.4, 0.5) is 4.79 Å². The number of urea groups is 1. The van der Waals surface area contributed by atoms with Crippen LogP contribution in [0.5, 0.6) is 0 Å². The quantitative estimate of drug-likeness (QED) is 0.434. The lowest BCUT2D eigenvalue weighted by Crippen LogP contribution is -2.33. The van der Waals surface area contributed by atoms with Crippen molar-refractivity contribution in [1.82, 2.24) is 15.6 Å². The fraction of sp³-hybridized carbons (Fsp3) is 0.467. The number of hydrogen-bond donors (Lipinski definition) is 2. The summed E-state index contributed by atoms with van der Waals surface area (Å²) in [5.74, 6) is 0. The minimum absolute atomic E-state index is 0.259. The Labute approximate surface area is 121 Å². The number of nitrogens with zero attached hydrogens (tertiary/aromatic N) is 2. The van der Waals surface area contributed by atoms with Crippen LogP contribution in [0.3, 0.4) is 0 Å². The topological polar surface area (TPSA) is 56.7 Å². The molecule has 0 atom stereocenters. The largest absolute Gasteiger partial charge is 0.337 e. The van der Waals surface area contributed by atoms with Gasteiger partial charge < -0.3 is 10.2 Å². The molecular formula is C15H24N4O. The molecule has 0 saturated heterocycles. The highest BCUT2D eigenvalue weighted by molar-refractivity contribution is 5.81. The fourth-order valence-corrected chi connectivity index (χ4v) is 1.68. The highest BCUT2D eigenvalue weighted by Crippen LogP contribution is 1.95. The molecule has 0 saturated carbocycles. The second-order valence-electron chi connectivity index (χ2n) is 4.90. The maximum atomic E-state index is 11.4. The van der Waals surface area contributed by atoms with E-state index in [1.807, 2.05) is 30.3 Å². The summed E-state index contributed by atoms with van der Waals surface area (Å²) in [7, 11) is 4.13. The lowest BCUT2D eigenvalue weighted by molar-refractivity contribution is 0.241. The maximum absolute atomic E-state index is 11.4. The van der Waals surface area contributed by atoms with E-state index in [0.717, 1.165) is 31.4 Å². The predicted octanol–water partition coefficient (Wildman–Crippen LogP) is 2.05. The van der Waals surface area contributed by atoms with Crippen LogP contribution >= 0.6 is 0 Å². The van der Waals surface area contributed by atoms with Crippen LogP contribution in [0.25, 0.3) is 0 Å². The summed E-state index contributed by atoms with van der Waals surface area (Å²) >= 11 is 0. The van der Waals surface area contributed by atoms with Gasteiger partial charge in [0, 0.05) is 6.54 Å². The third-order valence-electron chi connectivity index (χ3n) is 2.75. The summed E-state index contributed by atoms with van der Waals surface area (Å²) in [5, 5.41) is 6.67. The van der Waals surface area contributed by atoms with E-state index in [-0.39, 0.29) is 6.03 Å². The van der Waals surface area contributed by atoms with E-state index >= 15 is 0 Å². The molecule has 0 bridgehead atoms. The van der Waals surface area contributed by atoms with Gasteiger partial charge in [0.2, 0.25) is 0 Å². The van der Waals surface area contributed by atoms with Gasteiger partial charge in [-0.25, -0.2) is 10.2 Å². The van der Waals surface area contributed by atoms with Crippen LogP contribution in [0, 0.1) is 0 Å². The standard InChI is InChI=1S/C15H24N4O/c1-19(2)12-8-4-7-11-16-15(20)18-17-13-14-9-5-3-6-10-14/h3,5-6,9-10,13H,4,7-8,11-12H2,1-2H3,(H2,16,18,20)/b17-13-. The normalized spacial score (nSPS) is 10.9. The van der Waals surface area contributed by atoms with Gasteiger partial charge in [-0.1, -0.05) is 36.8 Å². The summed E-state index contributed by atoms with van der Waals surface area (Å²) < 4.78 is 0. The Hall–Kier alpha value is -1.88. The van der Waals surface area contributed by atoms with Crippen molar-refractivity contribution in [3.63, 3.8) is 0 Å². The number of unbranched alkanes of at least 4 members (excludes halogenated alkanes) is 2. The highest BCUT2D eigenvalue weighted by atomic mass is 16.2. The van der Waals surface area contributed by atoms with Gasteiger partial charge in [0.1, 0.15) is 0 Å². The molecule has 20 heavy (non-hydrogen) atoms. The number of amides is 2. The van der Waals surface area contributed by atoms with E-state index in [2.05, 4.69) is 34.8 Å². The molecule has 1 aromatic rings. The minimum atomic E-state index is -0.259. The fourth-order valence-electron chi connectivity index (χ4n) is 1.68. The van der Waals surface area contributed by atoms with E-state index in [4.69, 9.17) is 0 Å². The molecule has 0 aliphatic carbocycles. The van der Waals surface area contributed by atoms with Crippen LogP contribution in [0.15, 0.2) is 35.4 Å². The molecule has 0 aromatic heterocycles. The summed E-state index contributed by atoms with van der Waals surface area (Å²) in [5.41, 5.74) is 3.41. The number of carbonyl (C=O) groups excluding carboxylic acids is 1. The van der Waals surface area contributed by atoms with Crippen LogP contribution in [0.1, 0.15) is 24.8 Å². The first-order chi connectivity index (χ1) is 9.68. The number of carbonyl (C=O) groups is 1. The number of hydrazone groups is 1. The molecule has 110 valence electrons. The molecule has 0 radical (unpaired) electrons. The van der Waals surface area contributed by atoms with E-state index in [9.17, 15) is 4.79 Å². The van der Waals surface area contributed by atoms with Gasteiger partial charge in [0.15, 0.2) is 0 Å². The van der Waals surface area contributed by atoms with Gasteiger partial charge in [-0.2, -0.15) is 5.10 Å². The zero-order valence-corrected chi connectivity index (χ0v) is 12.3. The van der Waals surface area contributed by atoms with Gasteiger partial charge in [-0.15, -0.1) is 0 Å². The third kappa shape index (κ3) is 8.26. The number of rotatable bonds is 8. The molecule has 5 nitrogen and oxygen atoms in total. The van der Waals surface area contributed by atoms with Crippen molar-refractivity contribution < 1.29 is 4.79 Å². The molecule has 1 rings (SSSR count). The molecule has 0 spiro atoms. The van der Waals surface area contributed by atoms with Gasteiger partial charge in [-0.3, -0.25) is 0 Å². The Kier molecular flexibility index (Phi) is 8.07. The smallest absolute Gasteiger partial charge is 0.335 e. The summed E-state index contributed by atoms with van der Waals surface area (Å²) in [6.07, 6.45) is 4.88. The molecule has 0 aliphatic heterocycles. The summed E-state index contributed by atoms with van der Waals surface area (Å²) in [6, 6.07) is 9.38. The Balaban J connectivity index is 2.05. The predicted molar refractivity (Wildman–Crippen MR) is 83.0 cm³/mol. The molecule has 2 N–H and O–H groups in total. The molecule has 0 aliphatic rings. The molecule has 1 aromatic carbocycles. The molecule has 2 amide bonds. The number of hydrogen-bond acceptors (Lipinski definition) is 3.